The predicted octanol–water partition coefficient (Wildman–Crippen LogP) is 3.08. The summed E-state index contributed by atoms with van der Waals surface area (Å²) < 4.78 is 49.8. The van der Waals surface area contributed by atoms with Gasteiger partial charge in [0.15, 0.2) is 0 Å². The molecule has 0 fully saturated rings. The zero-order chi connectivity index (χ0) is 13.8. The van der Waals surface area contributed by atoms with Crippen LogP contribution in [-0.2, 0) is 6.54 Å². The zero-order valence-corrected chi connectivity index (χ0v) is 9.76. The van der Waals surface area contributed by atoms with Crippen LogP contribution in [0.1, 0.15) is 18.1 Å². The molecule has 98 valence electrons. The first-order valence-electron chi connectivity index (χ1n) is 5.33. The van der Waals surface area contributed by atoms with Gasteiger partial charge in [-0.2, -0.15) is 18.4 Å². The molecule has 0 atom stereocenters. The highest BCUT2D eigenvalue weighted by Gasteiger charge is 2.30. The second-order valence-corrected chi connectivity index (χ2v) is 3.84. The fourth-order valence-corrected chi connectivity index (χ4v) is 1.55. The predicted molar refractivity (Wildman–Crippen MR) is 58.1 cm³/mol. The van der Waals surface area contributed by atoms with E-state index in [0.717, 1.165) is 6.07 Å². The van der Waals surface area contributed by atoms with Crippen molar-refractivity contribution in [3.05, 3.63) is 35.1 Å². The molecule has 0 aliphatic carbocycles. The smallest absolute Gasteiger partial charge is 0.291 e. The van der Waals surface area contributed by atoms with E-state index in [9.17, 15) is 17.6 Å². The molecule has 0 unspecified atom stereocenters. The molecule has 1 rings (SSSR count). The standard InChI is InChI=1S/C12H12F4N2/c1-2-18(8-12(14,15)16)7-9-3-4-11(13)10(5-9)6-17/h3-5H,2,7-8H2,1H3. The first-order chi connectivity index (χ1) is 8.35. The number of hydrogen-bond donors (Lipinski definition) is 0. The lowest BCUT2D eigenvalue weighted by atomic mass is 10.1. The molecule has 6 heteroatoms. The van der Waals surface area contributed by atoms with Crippen molar-refractivity contribution in [2.75, 3.05) is 13.1 Å². The van der Waals surface area contributed by atoms with Gasteiger partial charge in [-0.3, -0.25) is 4.90 Å². The van der Waals surface area contributed by atoms with Crippen LogP contribution in [0.4, 0.5) is 17.6 Å². The molecule has 0 amide bonds. The van der Waals surface area contributed by atoms with Crippen molar-refractivity contribution in [2.45, 2.75) is 19.6 Å². The third-order valence-electron chi connectivity index (χ3n) is 2.41. The maximum atomic E-state index is 13.0. The minimum atomic E-state index is -4.27. The van der Waals surface area contributed by atoms with Crippen molar-refractivity contribution in [1.82, 2.24) is 4.90 Å². The van der Waals surface area contributed by atoms with Crippen molar-refractivity contribution < 1.29 is 17.6 Å². The van der Waals surface area contributed by atoms with Gasteiger partial charge < -0.3 is 0 Å². The molecule has 0 heterocycles. The van der Waals surface area contributed by atoms with Gasteiger partial charge in [0.05, 0.1) is 12.1 Å². The molecule has 0 N–H and O–H groups in total. The number of benzene rings is 1. The average Bonchev–Trinajstić information content (AvgIpc) is 2.29. The highest BCUT2D eigenvalue weighted by atomic mass is 19.4. The molecule has 0 aromatic heterocycles. The van der Waals surface area contributed by atoms with Crippen LogP contribution in [0.15, 0.2) is 18.2 Å². The molecule has 0 aliphatic heterocycles. The van der Waals surface area contributed by atoms with Crippen molar-refractivity contribution in [3.63, 3.8) is 0 Å². The highest BCUT2D eigenvalue weighted by molar-refractivity contribution is 5.34. The summed E-state index contributed by atoms with van der Waals surface area (Å²) >= 11 is 0. The molecule has 1 aromatic rings. The fourth-order valence-electron chi connectivity index (χ4n) is 1.55. The van der Waals surface area contributed by atoms with Crippen LogP contribution in [0.3, 0.4) is 0 Å². The quantitative estimate of drug-likeness (QED) is 0.778. The van der Waals surface area contributed by atoms with Gasteiger partial charge in [0.2, 0.25) is 0 Å². The van der Waals surface area contributed by atoms with Crippen LogP contribution < -0.4 is 0 Å². The fraction of sp³-hybridized carbons (Fsp3) is 0.417. The summed E-state index contributed by atoms with van der Waals surface area (Å²) in [6.07, 6.45) is -4.27. The van der Waals surface area contributed by atoms with Crippen LogP contribution in [0.2, 0.25) is 0 Å². The first kappa shape index (κ1) is 14.5. The highest BCUT2D eigenvalue weighted by Crippen LogP contribution is 2.18. The second-order valence-electron chi connectivity index (χ2n) is 3.84. The summed E-state index contributed by atoms with van der Waals surface area (Å²) in [6, 6.07) is 5.41. The van der Waals surface area contributed by atoms with Gasteiger partial charge in [0.25, 0.3) is 0 Å². The number of nitriles is 1. The Morgan fingerprint density at radius 2 is 2.00 bits per heavy atom. The molecular weight excluding hydrogens is 248 g/mol. The molecule has 0 bridgehead atoms. The largest absolute Gasteiger partial charge is 0.401 e. The molecule has 0 saturated heterocycles. The minimum absolute atomic E-state index is 0.0327. The van der Waals surface area contributed by atoms with Crippen molar-refractivity contribution in [2.24, 2.45) is 0 Å². The van der Waals surface area contributed by atoms with E-state index in [0.29, 0.717) is 5.56 Å². The lowest BCUT2D eigenvalue weighted by molar-refractivity contribution is -0.146. The lowest BCUT2D eigenvalue weighted by Crippen LogP contribution is -2.33. The molecule has 0 aliphatic rings. The molecular formula is C12H12F4N2. The van der Waals surface area contributed by atoms with Gasteiger partial charge in [-0.05, 0) is 24.2 Å². The Hall–Kier alpha value is -1.61. The molecule has 0 radical (unpaired) electrons. The lowest BCUT2D eigenvalue weighted by Gasteiger charge is -2.21. The normalized spacial score (nSPS) is 11.6. The summed E-state index contributed by atoms with van der Waals surface area (Å²) in [5.74, 6) is -0.667. The van der Waals surface area contributed by atoms with E-state index in [4.69, 9.17) is 5.26 Å². The zero-order valence-electron chi connectivity index (χ0n) is 9.76. The van der Waals surface area contributed by atoms with Crippen LogP contribution in [0, 0.1) is 17.1 Å². The molecule has 2 nitrogen and oxygen atoms in total. The Morgan fingerprint density at radius 1 is 1.33 bits per heavy atom. The molecule has 1 aromatic carbocycles. The Balaban J connectivity index is 2.80. The van der Waals surface area contributed by atoms with E-state index >= 15 is 0 Å². The van der Waals surface area contributed by atoms with Gasteiger partial charge in [-0.15, -0.1) is 0 Å². The van der Waals surface area contributed by atoms with Crippen molar-refractivity contribution in [1.29, 1.82) is 5.26 Å². The van der Waals surface area contributed by atoms with E-state index < -0.39 is 18.5 Å². The van der Waals surface area contributed by atoms with Gasteiger partial charge in [-0.1, -0.05) is 13.0 Å². The van der Waals surface area contributed by atoms with Gasteiger partial charge in [-0.25, -0.2) is 4.39 Å². The van der Waals surface area contributed by atoms with E-state index in [1.165, 1.54) is 17.0 Å². The van der Waals surface area contributed by atoms with Crippen LogP contribution in [0.25, 0.3) is 0 Å². The van der Waals surface area contributed by atoms with E-state index in [1.54, 1.807) is 13.0 Å². The Bertz CT molecular complexity index is 448. The molecule has 0 spiro atoms. The van der Waals surface area contributed by atoms with Gasteiger partial charge >= 0.3 is 6.18 Å². The Kier molecular flexibility index (Phi) is 4.68. The SMILES string of the molecule is CCN(Cc1ccc(F)c(C#N)c1)CC(F)(F)F. The number of rotatable bonds is 4. The maximum Gasteiger partial charge on any atom is 0.401 e. The van der Waals surface area contributed by atoms with Crippen molar-refractivity contribution in [3.8, 4) is 6.07 Å². The summed E-state index contributed by atoms with van der Waals surface area (Å²) in [5, 5.41) is 8.64. The summed E-state index contributed by atoms with van der Waals surface area (Å²) in [4.78, 5) is 1.17. The number of halogens is 4. The van der Waals surface area contributed by atoms with E-state index in [2.05, 4.69) is 0 Å². The molecule has 0 saturated carbocycles. The minimum Gasteiger partial charge on any atom is -0.291 e. The number of nitrogens with zero attached hydrogens (tertiary/aromatic N) is 2. The summed E-state index contributed by atoms with van der Waals surface area (Å²) in [6.45, 7) is 0.840. The topological polar surface area (TPSA) is 27.0 Å². The maximum absolute atomic E-state index is 13.0. The second kappa shape index (κ2) is 5.83. The summed E-state index contributed by atoms with van der Waals surface area (Å²) in [7, 11) is 0. The van der Waals surface area contributed by atoms with E-state index in [1.807, 2.05) is 0 Å². The van der Waals surface area contributed by atoms with Gasteiger partial charge in [0, 0.05) is 6.54 Å². The Morgan fingerprint density at radius 3 is 2.50 bits per heavy atom. The van der Waals surface area contributed by atoms with Crippen LogP contribution >= 0.6 is 0 Å². The van der Waals surface area contributed by atoms with Crippen LogP contribution in [-0.4, -0.2) is 24.2 Å². The third kappa shape index (κ3) is 4.34. The third-order valence-corrected chi connectivity index (χ3v) is 2.41. The molecule has 18 heavy (non-hydrogen) atoms. The Labute approximate surface area is 102 Å². The monoisotopic (exact) mass is 260 g/mol. The number of alkyl halides is 3. The first-order valence-corrected chi connectivity index (χ1v) is 5.33. The summed E-state index contributed by atoms with van der Waals surface area (Å²) in [5.41, 5.74) is 0.328. The average molecular weight is 260 g/mol. The van der Waals surface area contributed by atoms with Crippen LogP contribution in [0.5, 0.6) is 0 Å². The van der Waals surface area contributed by atoms with Gasteiger partial charge in [0.1, 0.15) is 11.9 Å². The van der Waals surface area contributed by atoms with Crippen molar-refractivity contribution >= 4 is 0 Å². The van der Waals surface area contributed by atoms with E-state index in [-0.39, 0.29) is 18.7 Å². The number of hydrogen-bond acceptors (Lipinski definition) is 2.